The number of phenolic OH excluding ortho intramolecular Hbond substituents is 7. The molecule has 0 aliphatic heterocycles. The molecule has 0 amide bonds. The molecule has 7 nitrogen and oxygen atoms in total. The number of phenols is 7. The summed E-state index contributed by atoms with van der Waals surface area (Å²) in [6.45, 7) is 1.85. The smallest absolute Gasteiger partial charge is 0.157 e. The summed E-state index contributed by atoms with van der Waals surface area (Å²) in [7, 11) is 0. The summed E-state index contributed by atoms with van der Waals surface area (Å²) < 4.78 is 0. The summed E-state index contributed by atoms with van der Waals surface area (Å²) in [6.07, 6.45) is 0.879. The topological polar surface area (TPSA) is 142 Å². The Bertz CT molecular complexity index is 1410. The van der Waals surface area contributed by atoms with Crippen LogP contribution in [0.2, 0.25) is 0 Å². The predicted molar refractivity (Wildman–Crippen MR) is 133 cm³/mol. The minimum Gasteiger partial charge on any atom is -0.508 e. The molecule has 4 aromatic rings. The molecule has 0 spiro atoms. The van der Waals surface area contributed by atoms with Gasteiger partial charge in [0.25, 0.3) is 0 Å². The van der Waals surface area contributed by atoms with Gasteiger partial charge in [-0.2, -0.15) is 0 Å². The molecular weight excluding hydrogens is 460 g/mol. The molecule has 0 radical (unpaired) electrons. The fourth-order valence-electron chi connectivity index (χ4n) is 4.85. The van der Waals surface area contributed by atoms with Crippen LogP contribution in [0, 0.1) is 6.92 Å². The number of benzene rings is 4. The number of fused-ring (bicyclic) bond motifs is 7. The second-order valence-electron chi connectivity index (χ2n) is 9.44. The largest absolute Gasteiger partial charge is 0.508 e. The SMILES string of the molecule is Cc1cc(O)c2cc1Cc1cc(c(O)cc1O)Cc1cc(O)c(O)cc1Cc1cc(c(O)cc1O)C2. The van der Waals surface area contributed by atoms with Gasteiger partial charge in [0.2, 0.25) is 0 Å². The normalized spacial score (nSPS) is 12.9. The Morgan fingerprint density at radius 1 is 0.333 bits per heavy atom. The molecule has 0 unspecified atom stereocenters. The lowest BCUT2D eigenvalue weighted by Gasteiger charge is -2.15. The highest BCUT2D eigenvalue weighted by atomic mass is 16.3. The van der Waals surface area contributed by atoms with Gasteiger partial charge in [0.1, 0.15) is 28.7 Å². The average Bonchev–Trinajstić information content (AvgIpc) is 2.80. The van der Waals surface area contributed by atoms with Crippen molar-refractivity contribution in [3.05, 3.63) is 98.6 Å². The fraction of sp³-hybridized carbons (Fsp3) is 0.172. The van der Waals surface area contributed by atoms with Gasteiger partial charge in [-0.15, -0.1) is 0 Å². The Hall–Kier alpha value is -4.52. The molecule has 0 heterocycles. The maximum absolute atomic E-state index is 10.6. The minimum absolute atomic E-state index is 0.0657. The second kappa shape index (κ2) is 8.61. The maximum atomic E-state index is 10.6. The van der Waals surface area contributed by atoms with E-state index >= 15 is 0 Å². The van der Waals surface area contributed by atoms with Gasteiger partial charge in [-0.25, -0.2) is 0 Å². The van der Waals surface area contributed by atoms with E-state index < -0.39 is 0 Å². The van der Waals surface area contributed by atoms with Crippen LogP contribution in [0.3, 0.4) is 0 Å². The Morgan fingerprint density at radius 2 is 0.639 bits per heavy atom. The van der Waals surface area contributed by atoms with Gasteiger partial charge >= 0.3 is 0 Å². The first kappa shape index (κ1) is 23.2. The van der Waals surface area contributed by atoms with Crippen molar-refractivity contribution in [3.63, 3.8) is 0 Å². The van der Waals surface area contributed by atoms with Crippen molar-refractivity contribution in [1.82, 2.24) is 0 Å². The third-order valence-corrected chi connectivity index (χ3v) is 6.92. The van der Waals surface area contributed by atoms with E-state index in [2.05, 4.69) is 0 Å². The fourth-order valence-corrected chi connectivity index (χ4v) is 4.85. The van der Waals surface area contributed by atoms with Crippen LogP contribution in [0.15, 0.2) is 48.5 Å². The number of hydrogen-bond donors (Lipinski definition) is 7. The molecular formula is C29H26O7. The molecule has 1 aliphatic carbocycles. The first-order valence-electron chi connectivity index (χ1n) is 11.5. The van der Waals surface area contributed by atoms with Gasteiger partial charge in [0.15, 0.2) is 11.5 Å². The zero-order valence-electron chi connectivity index (χ0n) is 19.6. The monoisotopic (exact) mass is 486 g/mol. The minimum atomic E-state index is -0.322. The lowest BCUT2D eigenvalue weighted by atomic mass is 9.92. The first-order valence-corrected chi connectivity index (χ1v) is 11.5. The highest BCUT2D eigenvalue weighted by Crippen LogP contribution is 2.38. The molecule has 0 saturated heterocycles. The van der Waals surface area contributed by atoms with E-state index in [1.807, 2.05) is 13.0 Å². The van der Waals surface area contributed by atoms with Gasteiger partial charge in [-0.1, -0.05) is 6.07 Å². The van der Waals surface area contributed by atoms with Crippen molar-refractivity contribution < 1.29 is 35.7 Å². The van der Waals surface area contributed by atoms with E-state index in [0.717, 1.165) is 11.1 Å². The van der Waals surface area contributed by atoms with Crippen LogP contribution in [0.1, 0.15) is 50.1 Å². The van der Waals surface area contributed by atoms with Crippen molar-refractivity contribution in [2.45, 2.75) is 32.6 Å². The van der Waals surface area contributed by atoms with Crippen molar-refractivity contribution in [2.24, 2.45) is 0 Å². The summed E-state index contributed by atoms with van der Waals surface area (Å²) in [5, 5.41) is 73.3. The molecule has 0 saturated carbocycles. The van der Waals surface area contributed by atoms with Crippen LogP contribution in [0.4, 0.5) is 0 Å². The van der Waals surface area contributed by atoms with Crippen LogP contribution in [0.25, 0.3) is 0 Å². The van der Waals surface area contributed by atoms with E-state index in [4.69, 9.17) is 0 Å². The van der Waals surface area contributed by atoms with Crippen LogP contribution >= 0.6 is 0 Å². The summed E-state index contributed by atoms with van der Waals surface area (Å²) in [5.74, 6) is -1.02. The van der Waals surface area contributed by atoms with E-state index in [1.54, 1.807) is 18.2 Å². The Balaban J connectivity index is 1.77. The van der Waals surface area contributed by atoms with Gasteiger partial charge in [0.05, 0.1) is 0 Å². The molecule has 5 rings (SSSR count). The van der Waals surface area contributed by atoms with E-state index in [1.165, 1.54) is 24.3 Å². The standard InChI is InChI=1S/C29H26O7/c1-14-2-23(30)18-3-15(14)4-19-8-20(25(32)12-24(19)31)5-16-10-28(35)29(36)11-17(16)6-21-9-22(7-18)27(34)13-26(21)33/h2-3,8-13,30-36H,4-7H2,1H3. The molecule has 0 aromatic heterocycles. The Morgan fingerprint density at radius 3 is 1.06 bits per heavy atom. The quantitative estimate of drug-likeness (QED) is 0.159. The third kappa shape index (κ3) is 4.20. The highest BCUT2D eigenvalue weighted by molar-refractivity contribution is 5.56. The van der Waals surface area contributed by atoms with Gasteiger partial charge < -0.3 is 35.7 Å². The summed E-state index contributed by atoms with van der Waals surface area (Å²) in [5.41, 5.74) is 5.50. The van der Waals surface area contributed by atoms with Gasteiger partial charge in [-0.3, -0.25) is 0 Å². The molecule has 7 heteroatoms. The molecule has 4 aromatic carbocycles. The predicted octanol–water partition coefficient (Wildman–Crippen LogP) is 4.61. The maximum Gasteiger partial charge on any atom is 0.157 e. The van der Waals surface area contributed by atoms with Crippen molar-refractivity contribution in [1.29, 1.82) is 0 Å². The summed E-state index contributed by atoms with van der Waals surface area (Å²) in [4.78, 5) is 0. The van der Waals surface area contributed by atoms with Crippen molar-refractivity contribution >= 4 is 0 Å². The average molecular weight is 487 g/mol. The molecule has 0 atom stereocenters. The van der Waals surface area contributed by atoms with Gasteiger partial charge in [0, 0.05) is 37.8 Å². The third-order valence-electron chi connectivity index (χ3n) is 6.92. The highest BCUT2D eigenvalue weighted by Gasteiger charge is 2.19. The summed E-state index contributed by atoms with van der Waals surface area (Å²) >= 11 is 0. The van der Waals surface area contributed by atoms with Gasteiger partial charge in [-0.05, 0) is 87.3 Å². The number of aryl methyl sites for hydroxylation is 1. The summed E-state index contributed by atoms with van der Waals surface area (Å²) in [6, 6.07) is 12.2. The van der Waals surface area contributed by atoms with Crippen LogP contribution in [0.5, 0.6) is 40.2 Å². The molecule has 7 N–H and O–H groups in total. The van der Waals surface area contributed by atoms with Crippen LogP contribution in [-0.4, -0.2) is 35.7 Å². The Labute approximate surface area is 207 Å². The number of rotatable bonds is 0. The zero-order chi connectivity index (χ0) is 25.7. The lowest BCUT2D eigenvalue weighted by Crippen LogP contribution is -2.00. The van der Waals surface area contributed by atoms with Crippen molar-refractivity contribution in [3.8, 4) is 40.2 Å². The second-order valence-corrected chi connectivity index (χ2v) is 9.44. The molecule has 1 aliphatic rings. The van der Waals surface area contributed by atoms with Crippen LogP contribution < -0.4 is 0 Å². The molecule has 0 fully saturated rings. The van der Waals surface area contributed by atoms with Crippen LogP contribution in [-0.2, 0) is 25.7 Å². The van der Waals surface area contributed by atoms with E-state index in [0.29, 0.717) is 45.4 Å². The van der Waals surface area contributed by atoms with E-state index in [-0.39, 0.29) is 59.5 Å². The number of hydrogen-bond acceptors (Lipinski definition) is 7. The number of aromatic hydroxyl groups is 7. The zero-order valence-corrected chi connectivity index (χ0v) is 19.6. The van der Waals surface area contributed by atoms with E-state index in [9.17, 15) is 35.7 Å². The van der Waals surface area contributed by atoms with Crippen molar-refractivity contribution in [2.75, 3.05) is 0 Å². The first-order chi connectivity index (χ1) is 17.1. The molecule has 184 valence electrons. The molecule has 36 heavy (non-hydrogen) atoms. The molecule has 6 bridgehead atoms. The Kier molecular flexibility index (Phi) is 5.55. The lowest BCUT2D eigenvalue weighted by molar-refractivity contribution is 0.402.